The Morgan fingerprint density at radius 1 is 1.04 bits per heavy atom. The fourth-order valence-corrected chi connectivity index (χ4v) is 2.04. The minimum absolute atomic E-state index is 0.265. The SMILES string of the molecule is CC(=O)Nc1cccc(OCC(=O)Nc2ccccc2C(F)(F)F)c1. The van der Waals surface area contributed by atoms with E-state index < -0.39 is 24.3 Å². The van der Waals surface area contributed by atoms with Crippen LogP contribution in [0.5, 0.6) is 5.75 Å². The molecule has 2 aromatic rings. The van der Waals surface area contributed by atoms with Crippen LogP contribution in [0.15, 0.2) is 48.5 Å². The Kier molecular flexibility index (Phi) is 5.63. The standard InChI is InChI=1S/C17H15F3N2O3/c1-11(23)21-12-5-4-6-13(9-12)25-10-16(24)22-15-8-3-2-7-14(15)17(18,19)20/h2-9H,10H2,1H3,(H,21,23)(H,22,24). The first kappa shape index (κ1) is 18.3. The molecule has 8 heteroatoms. The fraction of sp³-hybridized carbons (Fsp3) is 0.176. The molecule has 132 valence electrons. The lowest BCUT2D eigenvalue weighted by Gasteiger charge is -2.14. The van der Waals surface area contributed by atoms with Gasteiger partial charge in [-0.3, -0.25) is 9.59 Å². The van der Waals surface area contributed by atoms with Gasteiger partial charge in [0.2, 0.25) is 5.91 Å². The molecule has 0 bridgehead atoms. The Morgan fingerprint density at radius 3 is 2.44 bits per heavy atom. The molecule has 2 rings (SSSR count). The number of benzene rings is 2. The summed E-state index contributed by atoms with van der Waals surface area (Å²) in [5, 5.41) is 4.73. The smallest absolute Gasteiger partial charge is 0.418 e. The van der Waals surface area contributed by atoms with Crippen LogP contribution in [0.3, 0.4) is 0 Å². The molecule has 0 aliphatic rings. The molecule has 0 fully saturated rings. The van der Waals surface area contributed by atoms with Crippen molar-refractivity contribution in [3.05, 3.63) is 54.1 Å². The number of ether oxygens (including phenoxy) is 1. The van der Waals surface area contributed by atoms with Crippen molar-refractivity contribution in [2.45, 2.75) is 13.1 Å². The van der Waals surface area contributed by atoms with Crippen molar-refractivity contribution in [1.29, 1.82) is 0 Å². The van der Waals surface area contributed by atoms with E-state index in [2.05, 4.69) is 10.6 Å². The van der Waals surface area contributed by atoms with Gasteiger partial charge in [0, 0.05) is 18.7 Å². The van der Waals surface area contributed by atoms with Gasteiger partial charge in [0.1, 0.15) is 5.75 Å². The van der Waals surface area contributed by atoms with Crippen LogP contribution in [-0.2, 0) is 15.8 Å². The lowest BCUT2D eigenvalue weighted by Crippen LogP contribution is -2.22. The molecule has 0 saturated carbocycles. The first-order valence-corrected chi connectivity index (χ1v) is 7.22. The third kappa shape index (κ3) is 5.52. The molecule has 0 unspecified atom stereocenters. The maximum Gasteiger partial charge on any atom is 0.418 e. The van der Waals surface area contributed by atoms with Gasteiger partial charge in [0.15, 0.2) is 6.61 Å². The minimum Gasteiger partial charge on any atom is -0.484 e. The summed E-state index contributed by atoms with van der Waals surface area (Å²) in [5.41, 5.74) is -0.792. The van der Waals surface area contributed by atoms with Crippen LogP contribution in [0.25, 0.3) is 0 Å². The molecule has 25 heavy (non-hydrogen) atoms. The average Bonchev–Trinajstić information content (AvgIpc) is 2.52. The summed E-state index contributed by atoms with van der Waals surface area (Å²) >= 11 is 0. The summed E-state index contributed by atoms with van der Waals surface area (Å²) in [6, 6.07) is 11.0. The van der Waals surface area contributed by atoms with Gasteiger partial charge in [0.05, 0.1) is 11.3 Å². The topological polar surface area (TPSA) is 67.4 Å². The van der Waals surface area contributed by atoms with E-state index in [-0.39, 0.29) is 11.6 Å². The van der Waals surface area contributed by atoms with Gasteiger partial charge in [-0.25, -0.2) is 0 Å². The number of alkyl halides is 3. The van der Waals surface area contributed by atoms with Crippen LogP contribution in [-0.4, -0.2) is 18.4 Å². The summed E-state index contributed by atoms with van der Waals surface area (Å²) in [4.78, 5) is 22.9. The number of para-hydroxylation sites is 1. The number of nitrogens with one attached hydrogen (secondary N) is 2. The molecule has 5 nitrogen and oxygen atoms in total. The lowest BCUT2D eigenvalue weighted by atomic mass is 10.1. The highest BCUT2D eigenvalue weighted by Crippen LogP contribution is 2.34. The van der Waals surface area contributed by atoms with Gasteiger partial charge in [-0.05, 0) is 24.3 Å². The number of carbonyl (C=O) groups excluding carboxylic acids is 2. The minimum atomic E-state index is -4.57. The highest BCUT2D eigenvalue weighted by atomic mass is 19.4. The Balaban J connectivity index is 1.99. The number of anilines is 2. The number of carbonyl (C=O) groups is 2. The monoisotopic (exact) mass is 352 g/mol. The van der Waals surface area contributed by atoms with E-state index in [9.17, 15) is 22.8 Å². The Labute approximate surface area is 141 Å². The normalized spacial score (nSPS) is 10.9. The number of rotatable bonds is 5. The fourth-order valence-electron chi connectivity index (χ4n) is 2.04. The molecule has 0 aliphatic carbocycles. The molecule has 2 amide bonds. The molecule has 0 atom stereocenters. The first-order valence-electron chi connectivity index (χ1n) is 7.22. The Hall–Kier alpha value is -3.03. The molecule has 0 aliphatic heterocycles. The molecule has 0 radical (unpaired) electrons. The molecule has 2 aromatic carbocycles. The number of halogens is 3. The van der Waals surface area contributed by atoms with Gasteiger partial charge in [-0.2, -0.15) is 13.2 Å². The molecule has 0 heterocycles. The zero-order valence-corrected chi connectivity index (χ0v) is 13.2. The molecular formula is C17H15F3N2O3. The van der Waals surface area contributed by atoms with Gasteiger partial charge in [-0.1, -0.05) is 18.2 Å². The molecule has 2 N–H and O–H groups in total. The molecule has 0 saturated heterocycles. The summed E-state index contributed by atoms with van der Waals surface area (Å²) < 4.78 is 43.9. The van der Waals surface area contributed by atoms with E-state index in [0.717, 1.165) is 12.1 Å². The van der Waals surface area contributed by atoms with Crippen molar-refractivity contribution in [2.24, 2.45) is 0 Å². The van der Waals surface area contributed by atoms with Crippen LogP contribution < -0.4 is 15.4 Å². The number of amides is 2. The van der Waals surface area contributed by atoms with E-state index in [1.165, 1.54) is 25.1 Å². The van der Waals surface area contributed by atoms with Gasteiger partial charge in [-0.15, -0.1) is 0 Å². The third-order valence-electron chi connectivity index (χ3n) is 3.03. The summed E-state index contributed by atoms with van der Waals surface area (Å²) in [7, 11) is 0. The van der Waals surface area contributed by atoms with E-state index in [1.807, 2.05) is 0 Å². The summed E-state index contributed by atoms with van der Waals surface area (Å²) in [6.07, 6.45) is -4.57. The quantitative estimate of drug-likeness (QED) is 0.863. The van der Waals surface area contributed by atoms with Crippen LogP contribution in [0.2, 0.25) is 0 Å². The second-order valence-electron chi connectivity index (χ2n) is 5.09. The highest BCUT2D eigenvalue weighted by molar-refractivity contribution is 5.93. The average molecular weight is 352 g/mol. The Bertz CT molecular complexity index is 776. The number of hydrogen-bond acceptors (Lipinski definition) is 3. The van der Waals surface area contributed by atoms with Crippen molar-refractivity contribution < 1.29 is 27.5 Å². The molecule has 0 spiro atoms. The molecular weight excluding hydrogens is 337 g/mol. The van der Waals surface area contributed by atoms with E-state index in [4.69, 9.17) is 4.74 Å². The van der Waals surface area contributed by atoms with Crippen molar-refractivity contribution in [1.82, 2.24) is 0 Å². The van der Waals surface area contributed by atoms with Crippen molar-refractivity contribution >= 4 is 23.2 Å². The second kappa shape index (κ2) is 7.69. The second-order valence-corrected chi connectivity index (χ2v) is 5.09. The lowest BCUT2D eigenvalue weighted by molar-refractivity contribution is -0.137. The maximum atomic E-state index is 12.9. The van der Waals surface area contributed by atoms with Gasteiger partial charge >= 0.3 is 6.18 Å². The van der Waals surface area contributed by atoms with Crippen molar-refractivity contribution in [3.8, 4) is 5.75 Å². The predicted molar refractivity (Wildman–Crippen MR) is 86.3 cm³/mol. The third-order valence-corrected chi connectivity index (χ3v) is 3.03. The zero-order chi connectivity index (χ0) is 18.4. The van der Waals surface area contributed by atoms with Crippen LogP contribution in [0.4, 0.5) is 24.5 Å². The van der Waals surface area contributed by atoms with E-state index >= 15 is 0 Å². The predicted octanol–water partition coefficient (Wildman–Crippen LogP) is 3.68. The summed E-state index contributed by atoms with van der Waals surface area (Å²) in [5.74, 6) is -0.703. The first-order chi connectivity index (χ1) is 11.8. The maximum absolute atomic E-state index is 12.9. The number of hydrogen-bond donors (Lipinski definition) is 2. The van der Waals surface area contributed by atoms with Crippen molar-refractivity contribution in [2.75, 3.05) is 17.2 Å². The van der Waals surface area contributed by atoms with Gasteiger partial charge < -0.3 is 15.4 Å². The van der Waals surface area contributed by atoms with Crippen LogP contribution >= 0.6 is 0 Å². The van der Waals surface area contributed by atoms with Gasteiger partial charge in [0.25, 0.3) is 5.91 Å². The van der Waals surface area contributed by atoms with E-state index in [1.54, 1.807) is 18.2 Å². The van der Waals surface area contributed by atoms with Crippen molar-refractivity contribution in [3.63, 3.8) is 0 Å². The van der Waals surface area contributed by atoms with Crippen LogP contribution in [0, 0.1) is 0 Å². The summed E-state index contributed by atoms with van der Waals surface area (Å²) in [6.45, 7) is 0.870. The molecule has 0 aromatic heterocycles. The van der Waals surface area contributed by atoms with E-state index in [0.29, 0.717) is 11.4 Å². The largest absolute Gasteiger partial charge is 0.484 e. The Morgan fingerprint density at radius 2 is 1.76 bits per heavy atom. The zero-order valence-electron chi connectivity index (χ0n) is 13.2. The highest BCUT2D eigenvalue weighted by Gasteiger charge is 2.33. The van der Waals surface area contributed by atoms with Crippen LogP contribution in [0.1, 0.15) is 12.5 Å².